The molecule has 0 aliphatic carbocycles. The third-order valence-electron chi connectivity index (χ3n) is 4.26. The summed E-state index contributed by atoms with van der Waals surface area (Å²) in [4.78, 5) is 25.8. The molecular weight excluding hydrogens is 407 g/mol. The highest BCUT2D eigenvalue weighted by molar-refractivity contribution is 6.42. The first-order chi connectivity index (χ1) is 13.0. The maximum atomic E-state index is 12.8. The molecule has 1 aromatic rings. The molecular formula is C19H26Cl2N2O5. The van der Waals surface area contributed by atoms with E-state index >= 15 is 0 Å². The normalized spacial score (nSPS) is 19.6. The first-order valence-corrected chi connectivity index (χ1v) is 9.66. The van der Waals surface area contributed by atoms with Crippen LogP contribution in [0.3, 0.4) is 0 Å². The topological polar surface area (TPSA) is 91.1 Å². The number of methoxy groups -OCH3 is 1. The number of carbonyl (C=O) groups is 2. The first kappa shape index (κ1) is 22.6. The quantitative estimate of drug-likeness (QED) is 0.681. The minimum atomic E-state index is -0.670. The van der Waals surface area contributed by atoms with E-state index in [0.29, 0.717) is 29.3 Å². The fraction of sp³-hybridized carbons (Fsp3) is 0.579. The van der Waals surface area contributed by atoms with Crippen molar-refractivity contribution < 1.29 is 23.8 Å². The number of nitrogens with two attached hydrogens (primary N) is 1. The molecule has 9 heteroatoms. The van der Waals surface area contributed by atoms with Crippen LogP contribution in [0.25, 0.3) is 0 Å². The van der Waals surface area contributed by atoms with Gasteiger partial charge in [0.1, 0.15) is 11.4 Å². The number of nitrogens with zero attached hydrogens (tertiary/aromatic N) is 1. The molecule has 156 valence electrons. The van der Waals surface area contributed by atoms with Crippen LogP contribution >= 0.6 is 23.2 Å². The van der Waals surface area contributed by atoms with Crippen molar-refractivity contribution in [3.63, 3.8) is 0 Å². The molecule has 1 aliphatic rings. The lowest BCUT2D eigenvalue weighted by molar-refractivity contribution is -0.118. The molecule has 0 aromatic heterocycles. The van der Waals surface area contributed by atoms with Crippen LogP contribution in [0.15, 0.2) is 12.1 Å². The van der Waals surface area contributed by atoms with Crippen LogP contribution in [0, 0.1) is 5.92 Å². The summed E-state index contributed by atoms with van der Waals surface area (Å²) >= 11 is 12.7. The number of carbonyl (C=O) groups excluding carboxylic acids is 2. The van der Waals surface area contributed by atoms with E-state index in [1.807, 2.05) is 0 Å². The predicted octanol–water partition coefficient (Wildman–Crippen LogP) is 4.15. The van der Waals surface area contributed by atoms with Crippen molar-refractivity contribution >= 4 is 35.2 Å². The Kier molecular flexibility index (Phi) is 7.42. The molecule has 1 aliphatic heterocycles. The van der Waals surface area contributed by atoms with Crippen molar-refractivity contribution in [1.29, 1.82) is 0 Å². The number of amides is 2. The van der Waals surface area contributed by atoms with Gasteiger partial charge in [0.05, 0.1) is 16.1 Å². The Morgan fingerprint density at radius 1 is 1.29 bits per heavy atom. The van der Waals surface area contributed by atoms with E-state index in [1.54, 1.807) is 37.8 Å². The lowest BCUT2D eigenvalue weighted by Gasteiger charge is -2.30. The van der Waals surface area contributed by atoms with E-state index in [1.165, 1.54) is 7.11 Å². The molecule has 1 saturated heterocycles. The molecule has 28 heavy (non-hydrogen) atoms. The number of hydrogen-bond acceptors (Lipinski definition) is 5. The van der Waals surface area contributed by atoms with Crippen molar-refractivity contribution in [2.45, 2.75) is 45.3 Å². The van der Waals surface area contributed by atoms with Crippen molar-refractivity contribution in [3.05, 3.63) is 27.7 Å². The third-order valence-corrected chi connectivity index (χ3v) is 5.08. The summed E-state index contributed by atoms with van der Waals surface area (Å²) in [5.74, 6) is -0.0993. The minimum Gasteiger partial charge on any atom is -0.467 e. The highest BCUT2D eigenvalue weighted by atomic mass is 35.5. The van der Waals surface area contributed by atoms with E-state index in [4.69, 9.17) is 43.1 Å². The Morgan fingerprint density at radius 3 is 2.54 bits per heavy atom. The maximum absolute atomic E-state index is 12.8. The molecule has 7 nitrogen and oxygen atoms in total. The van der Waals surface area contributed by atoms with Gasteiger partial charge < -0.3 is 24.8 Å². The number of likely N-dealkylation sites (tertiary alicyclic amines) is 1. The lowest BCUT2D eigenvalue weighted by atomic mass is 9.96. The van der Waals surface area contributed by atoms with Gasteiger partial charge in [0.15, 0.2) is 6.79 Å². The second kappa shape index (κ2) is 9.20. The lowest BCUT2D eigenvalue weighted by Crippen LogP contribution is -2.37. The average Bonchev–Trinajstić information content (AvgIpc) is 2.97. The molecule has 1 aromatic carbocycles. The standard InChI is InChI=1S/C19H26Cl2N2O5/c1-19(2,3)28-18(25)23-9-11(8-15(22)24)7-13(23)16-14(27-10-26-4)6-5-12(20)17(16)21/h5-6,11,13H,7-10H2,1-4H3,(H2,22,24)/t11?,13-/m1/s1. The van der Waals surface area contributed by atoms with Crippen LogP contribution in [0.1, 0.15) is 45.2 Å². The predicted molar refractivity (Wildman–Crippen MR) is 107 cm³/mol. The van der Waals surface area contributed by atoms with Gasteiger partial charge in [-0.1, -0.05) is 23.2 Å². The van der Waals surface area contributed by atoms with Crippen molar-refractivity contribution in [2.75, 3.05) is 20.4 Å². The highest BCUT2D eigenvalue weighted by Crippen LogP contribution is 2.46. The zero-order chi connectivity index (χ0) is 21.1. The van der Waals surface area contributed by atoms with E-state index in [2.05, 4.69) is 0 Å². The summed E-state index contributed by atoms with van der Waals surface area (Å²) < 4.78 is 16.2. The Balaban J connectivity index is 2.44. The molecule has 2 amide bonds. The molecule has 0 spiro atoms. The van der Waals surface area contributed by atoms with Crippen molar-refractivity contribution in [3.8, 4) is 5.75 Å². The summed E-state index contributed by atoms with van der Waals surface area (Å²) in [7, 11) is 1.50. The van der Waals surface area contributed by atoms with E-state index in [-0.39, 0.29) is 24.2 Å². The fourth-order valence-corrected chi connectivity index (χ4v) is 3.71. The number of ether oxygens (including phenoxy) is 3. The van der Waals surface area contributed by atoms with Crippen LogP contribution < -0.4 is 10.5 Å². The van der Waals surface area contributed by atoms with Crippen LogP contribution in [-0.4, -0.2) is 42.9 Å². The average molecular weight is 433 g/mol. The summed E-state index contributed by atoms with van der Waals surface area (Å²) in [6, 6.07) is 2.82. The molecule has 1 fully saturated rings. The third kappa shape index (κ3) is 5.65. The van der Waals surface area contributed by atoms with Gasteiger partial charge in [-0.05, 0) is 45.2 Å². The second-order valence-corrected chi connectivity index (χ2v) is 8.53. The first-order valence-electron chi connectivity index (χ1n) is 8.91. The van der Waals surface area contributed by atoms with Crippen molar-refractivity contribution in [1.82, 2.24) is 4.90 Å². The van der Waals surface area contributed by atoms with Gasteiger partial charge >= 0.3 is 6.09 Å². The molecule has 2 atom stereocenters. The van der Waals surface area contributed by atoms with E-state index < -0.39 is 23.6 Å². The molecule has 0 radical (unpaired) electrons. The van der Waals surface area contributed by atoms with Gasteiger partial charge in [0, 0.05) is 25.6 Å². The smallest absolute Gasteiger partial charge is 0.410 e. The van der Waals surface area contributed by atoms with Crippen LogP contribution in [-0.2, 0) is 14.3 Å². The zero-order valence-electron chi connectivity index (χ0n) is 16.5. The molecule has 0 saturated carbocycles. The van der Waals surface area contributed by atoms with Crippen LogP contribution in [0.4, 0.5) is 4.79 Å². The minimum absolute atomic E-state index is 0.00876. The number of rotatable bonds is 6. The largest absolute Gasteiger partial charge is 0.467 e. The van der Waals surface area contributed by atoms with Crippen molar-refractivity contribution in [2.24, 2.45) is 11.7 Å². The second-order valence-electron chi connectivity index (χ2n) is 7.74. The maximum Gasteiger partial charge on any atom is 0.410 e. The highest BCUT2D eigenvalue weighted by Gasteiger charge is 2.41. The van der Waals surface area contributed by atoms with Crippen LogP contribution in [0.5, 0.6) is 5.75 Å². The van der Waals surface area contributed by atoms with Gasteiger partial charge in [0.2, 0.25) is 5.91 Å². The molecule has 2 rings (SSSR count). The number of primary amides is 1. The van der Waals surface area contributed by atoms with Gasteiger partial charge in [-0.25, -0.2) is 4.79 Å². The number of halogens is 2. The van der Waals surface area contributed by atoms with E-state index in [9.17, 15) is 9.59 Å². The van der Waals surface area contributed by atoms with Crippen LogP contribution in [0.2, 0.25) is 10.0 Å². The Bertz CT molecular complexity index is 736. The van der Waals surface area contributed by atoms with Gasteiger partial charge in [-0.3, -0.25) is 4.79 Å². The number of hydrogen-bond donors (Lipinski definition) is 1. The zero-order valence-corrected chi connectivity index (χ0v) is 18.0. The monoisotopic (exact) mass is 432 g/mol. The van der Waals surface area contributed by atoms with Gasteiger partial charge in [-0.15, -0.1) is 0 Å². The Hall–Kier alpha value is -1.70. The van der Waals surface area contributed by atoms with Gasteiger partial charge in [-0.2, -0.15) is 0 Å². The van der Waals surface area contributed by atoms with E-state index in [0.717, 1.165) is 0 Å². The molecule has 1 heterocycles. The summed E-state index contributed by atoms with van der Waals surface area (Å²) in [6.45, 7) is 5.69. The Morgan fingerprint density at radius 2 is 1.96 bits per heavy atom. The number of benzene rings is 1. The van der Waals surface area contributed by atoms with Gasteiger partial charge in [0.25, 0.3) is 0 Å². The molecule has 0 bridgehead atoms. The molecule has 1 unspecified atom stereocenters. The summed E-state index contributed by atoms with van der Waals surface area (Å²) in [6.07, 6.45) is 0.131. The summed E-state index contributed by atoms with van der Waals surface area (Å²) in [5.41, 5.74) is 5.26. The Labute approximate surface area is 175 Å². The SMILES string of the molecule is COCOc1ccc(Cl)c(Cl)c1[C@H]1CC(CC(N)=O)CN1C(=O)OC(C)(C)C. The molecule has 2 N–H and O–H groups in total. The summed E-state index contributed by atoms with van der Waals surface area (Å²) in [5, 5.41) is 0.623. The fourth-order valence-electron chi connectivity index (χ4n) is 3.26.